The summed E-state index contributed by atoms with van der Waals surface area (Å²) in [5, 5.41) is 10.9. The van der Waals surface area contributed by atoms with Crippen molar-refractivity contribution in [3.05, 3.63) is 57.9 Å². The number of nitro groups is 1. The molecule has 6 heteroatoms. The average Bonchev–Trinajstić information content (AvgIpc) is 2.82. The summed E-state index contributed by atoms with van der Waals surface area (Å²) in [6.07, 6.45) is 3.43. The molecule has 1 aromatic heterocycles. The van der Waals surface area contributed by atoms with Gasteiger partial charge in [0.05, 0.1) is 4.92 Å². The van der Waals surface area contributed by atoms with Gasteiger partial charge in [0, 0.05) is 31.1 Å². The minimum Gasteiger partial charge on any atom is -0.478 e. The maximum absolute atomic E-state index is 11.9. The van der Waals surface area contributed by atoms with Gasteiger partial charge in [0.2, 0.25) is 5.78 Å². The first kappa shape index (κ1) is 13.8. The second-order valence-corrected chi connectivity index (χ2v) is 4.51. The minimum atomic E-state index is -0.526. The number of hydrogen-bond donors (Lipinski definition) is 0. The Bertz CT molecular complexity index is 661. The van der Waals surface area contributed by atoms with Gasteiger partial charge in [-0.1, -0.05) is 6.07 Å². The molecule has 0 aliphatic rings. The first-order valence-electron chi connectivity index (χ1n) is 6.00. The molecule has 0 amide bonds. The van der Waals surface area contributed by atoms with Gasteiger partial charge in [-0.3, -0.25) is 14.9 Å². The number of ether oxygens (including phenoxy) is 1. The van der Waals surface area contributed by atoms with E-state index in [0.717, 1.165) is 5.56 Å². The number of aromatic nitrogens is 1. The van der Waals surface area contributed by atoms with Crippen LogP contribution in [0.4, 0.5) is 5.69 Å². The Balaban J connectivity index is 2.12. The zero-order valence-electron chi connectivity index (χ0n) is 11.2. The molecule has 0 unspecified atom stereocenters. The van der Waals surface area contributed by atoms with Crippen LogP contribution in [0.1, 0.15) is 15.9 Å². The summed E-state index contributed by atoms with van der Waals surface area (Å²) in [5.74, 6) is -0.110. The Hall–Kier alpha value is -2.63. The number of ketones is 1. The van der Waals surface area contributed by atoms with Gasteiger partial charge in [-0.25, -0.2) is 0 Å². The number of nitro benzene ring substituents is 1. The van der Waals surface area contributed by atoms with Crippen molar-refractivity contribution in [1.82, 2.24) is 4.57 Å². The molecule has 0 radical (unpaired) electrons. The highest BCUT2D eigenvalue weighted by atomic mass is 16.6. The fourth-order valence-corrected chi connectivity index (χ4v) is 1.78. The molecule has 0 saturated heterocycles. The molecule has 0 saturated carbocycles. The molecule has 2 rings (SSSR count). The van der Waals surface area contributed by atoms with Crippen molar-refractivity contribution in [3.63, 3.8) is 0 Å². The van der Waals surface area contributed by atoms with Crippen molar-refractivity contribution in [1.29, 1.82) is 0 Å². The second-order valence-electron chi connectivity index (χ2n) is 4.51. The predicted molar refractivity (Wildman–Crippen MR) is 73.1 cm³/mol. The lowest BCUT2D eigenvalue weighted by molar-refractivity contribution is -0.385. The SMILES string of the molecule is Cc1ccc([N+](=O)[O-])c(OCC(=O)c2ccn(C)c2)c1. The van der Waals surface area contributed by atoms with Gasteiger partial charge in [-0.2, -0.15) is 0 Å². The standard InChI is InChI=1S/C14H14N2O4/c1-10-3-4-12(16(18)19)14(7-10)20-9-13(17)11-5-6-15(2)8-11/h3-8H,9H2,1-2H3. The zero-order valence-corrected chi connectivity index (χ0v) is 11.2. The summed E-state index contributed by atoms with van der Waals surface area (Å²) in [7, 11) is 1.81. The van der Waals surface area contributed by atoms with Gasteiger partial charge in [-0.05, 0) is 24.6 Å². The van der Waals surface area contributed by atoms with E-state index in [-0.39, 0.29) is 23.8 Å². The summed E-state index contributed by atoms with van der Waals surface area (Å²) in [6.45, 7) is 1.57. The molecule has 0 spiro atoms. The molecule has 0 N–H and O–H groups in total. The molecule has 0 bridgehead atoms. The third kappa shape index (κ3) is 3.03. The van der Waals surface area contributed by atoms with Crippen LogP contribution < -0.4 is 4.74 Å². The number of Topliss-reactive ketones (excluding diaryl/α,β-unsaturated/α-hetero) is 1. The monoisotopic (exact) mass is 274 g/mol. The lowest BCUT2D eigenvalue weighted by Crippen LogP contribution is -2.11. The van der Waals surface area contributed by atoms with Crippen molar-refractivity contribution in [2.75, 3.05) is 6.61 Å². The number of rotatable bonds is 5. The molecule has 2 aromatic rings. The molecule has 0 aliphatic carbocycles. The van der Waals surface area contributed by atoms with Crippen molar-refractivity contribution in [2.24, 2.45) is 7.05 Å². The van der Waals surface area contributed by atoms with Gasteiger partial charge in [0.1, 0.15) is 0 Å². The quantitative estimate of drug-likeness (QED) is 0.477. The highest BCUT2D eigenvalue weighted by Gasteiger charge is 2.16. The van der Waals surface area contributed by atoms with E-state index in [4.69, 9.17) is 4.74 Å². The maximum atomic E-state index is 11.9. The first-order chi connectivity index (χ1) is 9.47. The van der Waals surface area contributed by atoms with E-state index in [1.54, 1.807) is 42.1 Å². The summed E-state index contributed by atoms with van der Waals surface area (Å²) >= 11 is 0. The smallest absolute Gasteiger partial charge is 0.310 e. The molecule has 1 aromatic carbocycles. The molecular weight excluding hydrogens is 260 g/mol. The van der Waals surface area contributed by atoms with Crippen molar-refractivity contribution in [3.8, 4) is 5.75 Å². The van der Waals surface area contributed by atoms with E-state index in [9.17, 15) is 14.9 Å². The Labute approximate surface area is 115 Å². The lowest BCUT2D eigenvalue weighted by atomic mass is 10.2. The number of aryl methyl sites for hydroxylation is 2. The van der Waals surface area contributed by atoms with Gasteiger partial charge in [0.25, 0.3) is 0 Å². The number of benzene rings is 1. The second kappa shape index (κ2) is 5.56. The third-order valence-electron chi connectivity index (χ3n) is 2.82. The largest absolute Gasteiger partial charge is 0.478 e. The number of nitrogens with zero attached hydrogens (tertiary/aromatic N) is 2. The van der Waals surface area contributed by atoms with Crippen LogP contribution in [0, 0.1) is 17.0 Å². The van der Waals surface area contributed by atoms with Crippen LogP contribution in [0.15, 0.2) is 36.7 Å². The summed E-state index contributed by atoms with van der Waals surface area (Å²) in [4.78, 5) is 22.3. The molecule has 0 atom stereocenters. The highest BCUT2D eigenvalue weighted by molar-refractivity contribution is 5.97. The predicted octanol–water partition coefficient (Wildman–Crippen LogP) is 2.50. The molecule has 0 aliphatic heterocycles. The van der Waals surface area contributed by atoms with Gasteiger partial charge >= 0.3 is 5.69 Å². The molecule has 1 heterocycles. The topological polar surface area (TPSA) is 74.4 Å². The van der Waals surface area contributed by atoms with E-state index >= 15 is 0 Å². The Morgan fingerprint density at radius 3 is 2.75 bits per heavy atom. The van der Waals surface area contributed by atoms with Crippen molar-refractivity contribution in [2.45, 2.75) is 6.92 Å². The van der Waals surface area contributed by atoms with Crippen LogP contribution in [-0.2, 0) is 7.05 Å². The zero-order chi connectivity index (χ0) is 14.7. The Morgan fingerprint density at radius 1 is 1.40 bits per heavy atom. The van der Waals surface area contributed by atoms with E-state index in [2.05, 4.69) is 0 Å². The normalized spacial score (nSPS) is 10.3. The molecule has 6 nitrogen and oxygen atoms in total. The average molecular weight is 274 g/mol. The fourth-order valence-electron chi connectivity index (χ4n) is 1.78. The lowest BCUT2D eigenvalue weighted by Gasteiger charge is -2.06. The summed E-state index contributed by atoms with van der Waals surface area (Å²) < 4.78 is 7.06. The van der Waals surface area contributed by atoms with Crippen LogP contribution in [0.25, 0.3) is 0 Å². The minimum absolute atomic E-state index is 0.110. The van der Waals surface area contributed by atoms with Crippen LogP contribution in [0.2, 0.25) is 0 Å². The van der Waals surface area contributed by atoms with Crippen LogP contribution >= 0.6 is 0 Å². The molecule has 104 valence electrons. The van der Waals surface area contributed by atoms with E-state index < -0.39 is 4.92 Å². The number of carbonyl (C=O) groups is 1. The molecular formula is C14H14N2O4. The van der Waals surface area contributed by atoms with Crippen LogP contribution in [0.3, 0.4) is 0 Å². The van der Waals surface area contributed by atoms with Crippen molar-refractivity contribution < 1.29 is 14.5 Å². The first-order valence-corrected chi connectivity index (χ1v) is 6.00. The van der Waals surface area contributed by atoms with E-state index in [0.29, 0.717) is 5.56 Å². The fraction of sp³-hybridized carbons (Fsp3) is 0.214. The maximum Gasteiger partial charge on any atom is 0.310 e. The number of carbonyl (C=O) groups excluding carboxylic acids is 1. The summed E-state index contributed by atoms with van der Waals surface area (Å²) in [6, 6.07) is 6.23. The highest BCUT2D eigenvalue weighted by Crippen LogP contribution is 2.27. The Kier molecular flexibility index (Phi) is 3.84. The molecule has 20 heavy (non-hydrogen) atoms. The van der Waals surface area contributed by atoms with Gasteiger partial charge in [-0.15, -0.1) is 0 Å². The van der Waals surface area contributed by atoms with Crippen molar-refractivity contribution >= 4 is 11.5 Å². The number of hydrogen-bond acceptors (Lipinski definition) is 4. The van der Waals surface area contributed by atoms with Crippen LogP contribution in [-0.4, -0.2) is 21.9 Å². The van der Waals surface area contributed by atoms with E-state index in [1.807, 2.05) is 7.05 Å². The molecule has 0 fully saturated rings. The Morgan fingerprint density at radius 2 is 2.15 bits per heavy atom. The summed E-state index contributed by atoms with van der Waals surface area (Å²) in [5.41, 5.74) is 1.21. The van der Waals surface area contributed by atoms with Gasteiger partial charge < -0.3 is 9.30 Å². The van der Waals surface area contributed by atoms with Gasteiger partial charge in [0.15, 0.2) is 12.4 Å². The third-order valence-corrected chi connectivity index (χ3v) is 2.82. The van der Waals surface area contributed by atoms with Crippen LogP contribution in [0.5, 0.6) is 5.75 Å². The van der Waals surface area contributed by atoms with E-state index in [1.165, 1.54) is 6.07 Å².